The number of amides is 1. The molecule has 0 radical (unpaired) electrons. The lowest BCUT2D eigenvalue weighted by atomic mass is 9.58. The minimum absolute atomic E-state index is 0.132. The highest BCUT2D eigenvalue weighted by Gasteiger charge is 2.50. The predicted octanol–water partition coefficient (Wildman–Crippen LogP) is 3.92. The molecule has 0 spiro atoms. The van der Waals surface area contributed by atoms with Crippen LogP contribution >= 0.6 is 0 Å². The third-order valence-corrected chi connectivity index (χ3v) is 5.82. The van der Waals surface area contributed by atoms with Crippen molar-refractivity contribution in [3.63, 3.8) is 0 Å². The van der Waals surface area contributed by atoms with Gasteiger partial charge in [-0.3, -0.25) is 9.59 Å². The summed E-state index contributed by atoms with van der Waals surface area (Å²) in [6.45, 7) is 0. The SMILES string of the molecule is O=C(O)C1C2CCC(CC2)C1C(=O)Nc1ccc2ccccc2c1. The monoisotopic (exact) mass is 323 g/mol. The van der Waals surface area contributed by atoms with E-state index in [1.165, 1.54) is 0 Å². The van der Waals surface area contributed by atoms with Gasteiger partial charge >= 0.3 is 5.97 Å². The van der Waals surface area contributed by atoms with Crippen molar-refractivity contribution in [1.29, 1.82) is 0 Å². The molecule has 3 aliphatic carbocycles. The van der Waals surface area contributed by atoms with Crippen LogP contribution in [0.2, 0.25) is 0 Å². The van der Waals surface area contributed by atoms with E-state index >= 15 is 0 Å². The lowest BCUT2D eigenvalue weighted by Crippen LogP contribution is -2.49. The first-order valence-electron chi connectivity index (χ1n) is 8.66. The van der Waals surface area contributed by atoms with E-state index in [-0.39, 0.29) is 17.7 Å². The molecular weight excluding hydrogens is 302 g/mol. The highest BCUT2D eigenvalue weighted by Crippen LogP contribution is 2.49. The number of benzene rings is 2. The van der Waals surface area contributed by atoms with Crippen LogP contribution in [0.1, 0.15) is 25.7 Å². The second-order valence-corrected chi connectivity index (χ2v) is 7.12. The summed E-state index contributed by atoms with van der Waals surface area (Å²) >= 11 is 0. The molecule has 3 aliphatic rings. The van der Waals surface area contributed by atoms with E-state index < -0.39 is 17.8 Å². The van der Waals surface area contributed by atoms with Gasteiger partial charge in [-0.25, -0.2) is 0 Å². The first kappa shape index (κ1) is 15.2. The molecule has 0 aliphatic heterocycles. The molecule has 4 heteroatoms. The van der Waals surface area contributed by atoms with Gasteiger partial charge in [0.25, 0.3) is 0 Å². The summed E-state index contributed by atoms with van der Waals surface area (Å²) in [5.74, 6) is -1.52. The van der Waals surface area contributed by atoms with Crippen molar-refractivity contribution in [2.45, 2.75) is 25.7 Å². The number of hydrogen-bond donors (Lipinski definition) is 2. The highest BCUT2D eigenvalue weighted by atomic mass is 16.4. The maximum Gasteiger partial charge on any atom is 0.307 e. The molecule has 0 saturated heterocycles. The Labute approximate surface area is 140 Å². The number of fused-ring (bicyclic) bond motifs is 4. The molecular formula is C20H21NO3. The van der Waals surface area contributed by atoms with E-state index in [0.717, 1.165) is 42.1 Å². The maximum absolute atomic E-state index is 12.8. The molecule has 2 unspecified atom stereocenters. The quantitative estimate of drug-likeness (QED) is 0.900. The van der Waals surface area contributed by atoms with Gasteiger partial charge in [0.2, 0.25) is 5.91 Å². The van der Waals surface area contributed by atoms with E-state index in [1.54, 1.807) is 0 Å². The summed E-state index contributed by atoms with van der Waals surface area (Å²) in [5.41, 5.74) is 0.740. The zero-order valence-electron chi connectivity index (χ0n) is 13.4. The first-order chi connectivity index (χ1) is 11.6. The third-order valence-electron chi connectivity index (χ3n) is 5.82. The number of aliphatic carboxylic acids is 1. The van der Waals surface area contributed by atoms with Crippen molar-refractivity contribution >= 4 is 28.3 Å². The van der Waals surface area contributed by atoms with Crippen molar-refractivity contribution in [3.05, 3.63) is 42.5 Å². The van der Waals surface area contributed by atoms with Gasteiger partial charge in [-0.2, -0.15) is 0 Å². The lowest BCUT2D eigenvalue weighted by molar-refractivity contribution is -0.156. The van der Waals surface area contributed by atoms with Crippen molar-refractivity contribution in [2.24, 2.45) is 23.7 Å². The standard InChI is InChI=1S/C20H21NO3/c22-19(17-13-5-7-14(8-6-13)18(17)20(23)24)21-16-10-9-12-3-1-2-4-15(12)11-16/h1-4,9-11,13-14,17-18H,5-8H2,(H,21,22)(H,23,24). The molecule has 24 heavy (non-hydrogen) atoms. The fraction of sp³-hybridized carbons (Fsp3) is 0.400. The zero-order chi connectivity index (χ0) is 16.7. The lowest BCUT2D eigenvalue weighted by Gasteiger charge is -2.45. The number of nitrogens with one attached hydrogen (secondary N) is 1. The van der Waals surface area contributed by atoms with E-state index in [2.05, 4.69) is 5.32 Å². The van der Waals surface area contributed by atoms with Crippen LogP contribution in [0.3, 0.4) is 0 Å². The van der Waals surface area contributed by atoms with E-state index in [0.29, 0.717) is 0 Å². The molecule has 0 heterocycles. The molecule has 3 saturated carbocycles. The van der Waals surface area contributed by atoms with Crippen LogP contribution in [0.5, 0.6) is 0 Å². The molecule has 1 amide bonds. The van der Waals surface area contributed by atoms with Gasteiger partial charge in [-0.1, -0.05) is 30.3 Å². The fourth-order valence-electron chi connectivity index (χ4n) is 4.67. The molecule has 0 aromatic heterocycles. The Morgan fingerprint density at radius 3 is 2.17 bits per heavy atom. The van der Waals surface area contributed by atoms with E-state index in [9.17, 15) is 14.7 Å². The summed E-state index contributed by atoms with van der Waals surface area (Å²) in [7, 11) is 0. The summed E-state index contributed by atoms with van der Waals surface area (Å²) in [6, 6.07) is 13.8. The van der Waals surface area contributed by atoms with Crippen molar-refractivity contribution < 1.29 is 14.7 Å². The van der Waals surface area contributed by atoms with Crippen LogP contribution in [0.4, 0.5) is 5.69 Å². The average Bonchev–Trinajstić information content (AvgIpc) is 2.61. The van der Waals surface area contributed by atoms with Crippen molar-refractivity contribution in [3.8, 4) is 0 Å². The Morgan fingerprint density at radius 2 is 1.50 bits per heavy atom. The Bertz CT molecular complexity index is 792. The number of hydrogen-bond acceptors (Lipinski definition) is 2. The summed E-state index contributed by atoms with van der Waals surface area (Å²) in [4.78, 5) is 24.5. The molecule has 2 atom stereocenters. The van der Waals surface area contributed by atoms with Gasteiger partial charge in [0.05, 0.1) is 11.8 Å². The second kappa shape index (κ2) is 5.93. The van der Waals surface area contributed by atoms with Gasteiger partial charge in [0.15, 0.2) is 0 Å². The molecule has 2 aromatic rings. The zero-order valence-corrected chi connectivity index (χ0v) is 13.4. The summed E-state index contributed by atoms with van der Waals surface area (Å²) < 4.78 is 0. The maximum atomic E-state index is 12.8. The van der Waals surface area contributed by atoms with Gasteiger partial charge in [-0.05, 0) is 60.4 Å². The Hall–Kier alpha value is -2.36. The molecule has 124 valence electrons. The van der Waals surface area contributed by atoms with Crippen molar-refractivity contribution in [1.82, 2.24) is 0 Å². The number of anilines is 1. The summed E-state index contributed by atoms with van der Waals surface area (Å²) in [6.07, 6.45) is 3.84. The highest BCUT2D eigenvalue weighted by molar-refractivity contribution is 5.97. The van der Waals surface area contributed by atoms with Crippen LogP contribution in [0.15, 0.2) is 42.5 Å². The topological polar surface area (TPSA) is 66.4 Å². The van der Waals surface area contributed by atoms with E-state index in [1.807, 2.05) is 42.5 Å². The summed E-state index contributed by atoms with van der Waals surface area (Å²) in [5, 5.41) is 14.8. The Morgan fingerprint density at radius 1 is 0.875 bits per heavy atom. The van der Waals surface area contributed by atoms with Gasteiger partial charge in [-0.15, -0.1) is 0 Å². The first-order valence-corrected chi connectivity index (χ1v) is 8.66. The normalized spacial score (nSPS) is 28.7. The Balaban J connectivity index is 1.59. The number of carboxylic acid groups (broad SMARTS) is 1. The number of carbonyl (C=O) groups excluding carboxylic acids is 1. The molecule has 2 N–H and O–H groups in total. The van der Waals surface area contributed by atoms with Crippen LogP contribution in [0.25, 0.3) is 10.8 Å². The minimum atomic E-state index is -0.817. The van der Waals surface area contributed by atoms with Gasteiger partial charge in [0.1, 0.15) is 0 Å². The predicted molar refractivity (Wildman–Crippen MR) is 92.6 cm³/mol. The van der Waals surface area contributed by atoms with Gasteiger partial charge in [0, 0.05) is 5.69 Å². The smallest absolute Gasteiger partial charge is 0.307 e. The molecule has 4 nitrogen and oxygen atoms in total. The Kier molecular flexibility index (Phi) is 3.75. The molecule has 5 rings (SSSR count). The molecule has 2 bridgehead atoms. The minimum Gasteiger partial charge on any atom is -0.481 e. The number of carboxylic acids is 1. The second-order valence-electron chi connectivity index (χ2n) is 7.12. The van der Waals surface area contributed by atoms with Crippen LogP contribution in [-0.4, -0.2) is 17.0 Å². The molecule has 3 fully saturated rings. The third kappa shape index (κ3) is 2.56. The number of rotatable bonds is 3. The molecule has 2 aromatic carbocycles. The largest absolute Gasteiger partial charge is 0.481 e. The fourth-order valence-corrected chi connectivity index (χ4v) is 4.67. The van der Waals surface area contributed by atoms with E-state index in [4.69, 9.17) is 0 Å². The van der Waals surface area contributed by atoms with Crippen LogP contribution < -0.4 is 5.32 Å². The van der Waals surface area contributed by atoms with Crippen LogP contribution in [0, 0.1) is 23.7 Å². The van der Waals surface area contributed by atoms with Gasteiger partial charge < -0.3 is 10.4 Å². The van der Waals surface area contributed by atoms with Crippen LogP contribution in [-0.2, 0) is 9.59 Å². The van der Waals surface area contributed by atoms with Crippen molar-refractivity contribution in [2.75, 3.05) is 5.32 Å². The number of carbonyl (C=O) groups is 2. The average molecular weight is 323 g/mol.